The first-order valence-corrected chi connectivity index (χ1v) is 8.67. The number of phenolic OH excluding ortho intramolecular Hbond substituents is 1. The van der Waals surface area contributed by atoms with Crippen LogP contribution in [0.3, 0.4) is 0 Å². The molecular formula is C19H17O3Si. The van der Waals surface area contributed by atoms with Gasteiger partial charge < -0.3 is 14.0 Å². The molecule has 0 spiro atoms. The monoisotopic (exact) mass is 321 g/mol. The lowest BCUT2D eigenvalue weighted by atomic mass is 10.2. The summed E-state index contributed by atoms with van der Waals surface area (Å²) < 4.78 is 12.1. The van der Waals surface area contributed by atoms with Crippen LogP contribution >= 0.6 is 0 Å². The Balaban J connectivity index is 1.94. The molecule has 3 rings (SSSR count). The highest BCUT2D eigenvalue weighted by Crippen LogP contribution is 2.18. The lowest BCUT2D eigenvalue weighted by Crippen LogP contribution is -2.43. The molecule has 115 valence electrons. The molecule has 0 saturated heterocycles. The van der Waals surface area contributed by atoms with Crippen molar-refractivity contribution < 1.29 is 14.0 Å². The number of rotatable bonds is 5. The second-order valence-electron chi connectivity index (χ2n) is 5.09. The Bertz CT molecular complexity index is 719. The van der Waals surface area contributed by atoms with Gasteiger partial charge in [-0.3, -0.25) is 0 Å². The molecule has 0 unspecified atom stereocenters. The fourth-order valence-corrected chi connectivity index (χ4v) is 3.73. The fourth-order valence-electron chi connectivity index (χ4n) is 2.15. The van der Waals surface area contributed by atoms with Crippen LogP contribution in [0.1, 0.15) is 5.56 Å². The van der Waals surface area contributed by atoms with Crippen molar-refractivity contribution in [3.63, 3.8) is 0 Å². The molecule has 0 bridgehead atoms. The normalized spacial score (nSPS) is 10.5. The summed E-state index contributed by atoms with van der Waals surface area (Å²) in [6.45, 7) is 1.86. The van der Waals surface area contributed by atoms with Crippen molar-refractivity contribution in [3.8, 4) is 17.2 Å². The van der Waals surface area contributed by atoms with Crippen molar-refractivity contribution in [1.82, 2.24) is 0 Å². The molecule has 1 N–H and O–H groups in total. The Labute approximate surface area is 137 Å². The summed E-state index contributed by atoms with van der Waals surface area (Å²) in [5.41, 5.74) is 0.804. The zero-order valence-electron chi connectivity index (χ0n) is 12.8. The van der Waals surface area contributed by atoms with E-state index >= 15 is 0 Å². The Morgan fingerprint density at radius 2 is 1.22 bits per heavy atom. The average Bonchev–Trinajstić information content (AvgIpc) is 2.59. The van der Waals surface area contributed by atoms with E-state index in [2.05, 4.69) is 0 Å². The third-order valence-electron chi connectivity index (χ3n) is 3.37. The topological polar surface area (TPSA) is 38.7 Å². The Kier molecular flexibility index (Phi) is 4.64. The molecule has 4 heteroatoms. The van der Waals surface area contributed by atoms with E-state index in [9.17, 15) is 5.11 Å². The van der Waals surface area contributed by atoms with Crippen LogP contribution in [0.25, 0.3) is 0 Å². The summed E-state index contributed by atoms with van der Waals surface area (Å²) in [5.74, 6) is 1.67. The molecule has 3 nitrogen and oxygen atoms in total. The van der Waals surface area contributed by atoms with Crippen molar-refractivity contribution in [3.05, 3.63) is 84.4 Å². The van der Waals surface area contributed by atoms with E-state index in [-0.39, 0.29) is 5.75 Å². The van der Waals surface area contributed by atoms with Crippen molar-refractivity contribution in [2.75, 3.05) is 0 Å². The van der Waals surface area contributed by atoms with Gasteiger partial charge in [-0.2, -0.15) is 0 Å². The maximum Gasteiger partial charge on any atom is 0.576 e. The zero-order valence-corrected chi connectivity index (χ0v) is 13.8. The minimum absolute atomic E-state index is 0.230. The molecule has 0 aliphatic heterocycles. The molecule has 0 saturated carbocycles. The summed E-state index contributed by atoms with van der Waals surface area (Å²) in [4.78, 5) is 0. The summed E-state index contributed by atoms with van der Waals surface area (Å²) in [6, 6.07) is 24.6. The van der Waals surface area contributed by atoms with E-state index in [1.165, 1.54) is 0 Å². The SMILES string of the molecule is Cc1cccc([Si](Oc2ccccc2)Oc2ccccc2)c1O. The lowest BCUT2D eigenvalue weighted by Gasteiger charge is -2.18. The highest BCUT2D eigenvalue weighted by molar-refractivity contribution is 6.63. The third kappa shape index (κ3) is 3.73. The van der Waals surface area contributed by atoms with Gasteiger partial charge in [0, 0.05) is 0 Å². The molecule has 3 aromatic rings. The molecule has 0 aromatic heterocycles. The number of phenols is 1. The Hall–Kier alpha value is -2.72. The second kappa shape index (κ2) is 7.02. The van der Waals surface area contributed by atoms with Crippen molar-refractivity contribution in [2.24, 2.45) is 0 Å². The van der Waals surface area contributed by atoms with Crippen LogP contribution in [-0.2, 0) is 0 Å². The minimum atomic E-state index is -1.93. The second-order valence-corrected chi connectivity index (χ2v) is 6.61. The van der Waals surface area contributed by atoms with Gasteiger partial charge in [0.05, 0.1) is 5.19 Å². The Morgan fingerprint density at radius 3 is 1.74 bits per heavy atom. The van der Waals surface area contributed by atoms with Gasteiger partial charge in [-0.1, -0.05) is 54.6 Å². The predicted molar refractivity (Wildman–Crippen MR) is 92.4 cm³/mol. The molecular weight excluding hydrogens is 304 g/mol. The van der Waals surface area contributed by atoms with E-state index in [1.807, 2.05) is 85.8 Å². The van der Waals surface area contributed by atoms with Crippen molar-refractivity contribution in [1.29, 1.82) is 0 Å². The average molecular weight is 321 g/mol. The van der Waals surface area contributed by atoms with Gasteiger partial charge in [0.25, 0.3) is 0 Å². The summed E-state index contributed by atoms with van der Waals surface area (Å²) >= 11 is 0. The van der Waals surface area contributed by atoms with E-state index in [0.29, 0.717) is 5.19 Å². The third-order valence-corrected chi connectivity index (χ3v) is 5.05. The van der Waals surface area contributed by atoms with Crippen LogP contribution < -0.4 is 14.0 Å². The van der Waals surface area contributed by atoms with Crippen LogP contribution in [0.5, 0.6) is 17.2 Å². The smallest absolute Gasteiger partial charge is 0.508 e. The van der Waals surface area contributed by atoms with Gasteiger partial charge in [0.1, 0.15) is 17.2 Å². The number of aryl methyl sites for hydroxylation is 1. The molecule has 0 amide bonds. The largest absolute Gasteiger partial charge is 0.576 e. The van der Waals surface area contributed by atoms with E-state index in [4.69, 9.17) is 8.85 Å². The summed E-state index contributed by atoms with van der Waals surface area (Å²) in [6.07, 6.45) is 0. The lowest BCUT2D eigenvalue weighted by molar-refractivity contribution is 0.431. The van der Waals surface area contributed by atoms with Crippen molar-refractivity contribution >= 4 is 14.5 Å². The molecule has 1 radical (unpaired) electrons. The minimum Gasteiger partial charge on any atom is -0.508 e. The maximum atomic E-state index is 10.4. The molecule has 0 aliphatic carbocycles. The van der Waals surface area contributed by atoms with Gasteiger partial charge in [-0.25, -0.2) is 0 Å². The van der Waals surface area contributed by atoms with Crippen molar-refractivity contribution in [2.45, 2.75) is 6.92 Å². The highest BCUT2D eigenvalue weighted by atomic mass is 28.3. The van der Waals surface area contributed by atoms with Crippen LogP contribution in [0.2, 0.25) is 0 Å². The van der Waals surface area contributed by atoms with Gasteiger partial charge in [0.2, 0.25) is 0 Å². The Morgan fingerprint density at radius 1 is 0.696 bits per heavy atom. The summed E-state index contributed by atoms with van der Waals surface area (Å²) in [5, 5.41) is 11.1. The zero-order chi connectivity index (χ0) is 16.1. The maximum absolute atomic E-state index is 10.4. The number of aromatic hydroxyl groups is 1. The molecule has 0 aliphatic rings. The highest BCUT2D eigenvalue weighted by Gasteiger charge is 2.28. The van der Waals surface area contributed by atoms with Crippen LogP contribution in [-0.4, -0.2) is 14.4 Å². The number of hydrogen-bond acceptors (Lipinski definition) is 3. The number of benzene rings is 3. The molecule has 0 atom stereocenters. The molecule has 0 heterocycles. The quantitative estimate of drug-likeness (QED) is 0.730. The molecule has 23 heavy (non-hydrogen) atoms. The fraction of sp³-hybridized carbons (Fsp3) is 0.0526. The van der Waals surface area contributed by atoms with Gasteiger partial charge in [-0.15, -0.1) is 0 Å². The standard InChI is InChI=1S/C19H17O3Si/c1-15-9-8-14-18(19(15)20)23(21-16-10-4-2-5-11-16)22-17-12-6-3-7-13-17/h2-14,20H,1H3. The van der Waals surface area contributed by atoms with Gasteiger partial charge in [-0.05, 0) is 36.8 Å². The van der Waals surface area contributed by atoms with E-state index in [0.717, 1.165) is 17.1 Å². The van der Waals surface area contributed by atoms with Gasteiger partial charge >= 0.3 is 9.28 Å². The van der Waals surface area contributed by atoms with Gasteiger partial charge in [0.15, 0.2) is 0 Å². The summed E-state index contributed by atoms with van der Waals surface area (Å²) in [7, 11) is -1.93. The molecule has 0 fully saturated rings. The first-order valence-electron chi connectivity index (χ1n) is 7.36. The van der Waals surface area contributed by atoms with E-state index < -0.39 is 9.28 Å². The first kappa shape index (κ1) is 15.2. The van der Waals surface area contributed by atoms with Crippen LogP contribution in [0.4, 0.5) is 0 Å². The predicted octanol–water partition coefficient (Wildman–Crippen LogP) is 3.55. The van der Waals surface area contributed by atoms with E-state index in [1.54, 1.807) is 0 Å². The van der Waals surface area contributed by atoms with Crippen LogP contribution in [0, 0.1) is 6.92 Å². The number of hydrogen-bond donors (Lipinski definition) is 1. The van der Waals surface area contributed by atoms with Crippen LogP contribution in [0.15, 0.2) is 78.9 Å². The molecule has 3 aromatic carbocycles. The number of para-hydroxylation sites is 3. The first-order chi connectivity index (χ1) is 11.2.